The molecule has 0 saturated heterocycles. The summed E-state index contributed by atoms with van der Waals surface area (Å²) >= 11 is 16.0. The molecule has 0 aliphatic heterocycles. The number of nitrogens with one attached hydrogen (secondary N) is 1. The zero-order chi connectivity index (χ0) is 15.2. The molecule has 4 heteroatoms. The molecule has 0 heterocycles. The Bertz CT molecular complexity index is 697. The van der Waals surface area contributed by atoms with Crippen LogP contribution in [0.4, 0.5) is 5.69 Å². The van der Waals surface area contributed by atoms with Gasteiger partial charge < -0.3 is 5.32 Å². The maximum Gasteiger partial charge on any atom is 0.0835 e. The summed E-state index contributed by atoms with van der Waals surface area (Å²) in [5.74, 6) is 0. The Balaban J connectivity index is 2.00. The molecule has 0 bridgehead atoms. The fourth-order valence-electron chi connectivity index (χ4n) is 3.06. The number of anilines is 1. The lowest BCUT2D eigenvalue weighted by molar-refractivity contribution is 0.337. The van der Waals surface area contributed by atoms with Gasteiger partial charge in [-0.3, -0.25) is 0 Å². The summed E-state index contributed by atoms with van der Waals surface area (Å²) in [5.41, 5.74) is 3.75. The summed E-state index contributed by atoms with van der Waals surface area (Å²) in [4.78, 5) is 0. The van der Waals surface area contributed by atoms with Crippen LogP contribution < -0.4 is 5.32 Å². The predicted octanol–water partition coefficient (Wildman–Crippen LogP) is 6.49. The minimum absolute atomic E-state index is 0.132. The van der Waals surface area contributed by atoms with E-state index in [4.69, 9.17) is 23.2 Å². The molecule has 2 aromatic carbocycles. The van der Waals surface area contributed by atoms with Crippen LogP contribution in [0, 0.1) is 5.41 Å². The highest BCUT2D eigenvalue weighted by atomic mass is 79.9. The molecule has 1 N–H and O–H groups in total. The number of halogens is 3. The predicted molar refractivity (Wildman–Crippen MR) is 94.5 cm³/mol. The Morgan fingerprint density at radius 3 is 2.57 bits per heavy atom. The Morgan fingerprint density at radius 2 is 1.81 bits per heavy atom. The third kappa shape index (κ3) is 2.69. The van der Waals surface area contributed by atoms with Gasteiger partial charge in [0.05, 0.1) is 21.8 Å². The molecule has 2 aromatic rings. The van der Waals surface area contributed by atoms with E-state index in [0.29, 0.717) is 10.0 Å². The summed E-state index contributed by atoms with van der Waals surface area (Å²) in [5, 5.41) is 4.69. The molecule has 1 aliphatic rings. The summed E-state index contributed by atoms with van der Waals surface area (Å²) in [6.45, 7) is 4.55. The van der Waals surface area contributed by atoms with E-state index >= 15 is 0 Å². The molecule has 1 nitrogen and oxygen atoms in total. The minimum atomic E-state index is 0.132. The van der Waals surface area contributed by atoms with Crippen LogP contribution in [-0.2, 0) is 6.42 Å². The summed E-state index contributed by atoms with van der Waals surface area (Å²) in [6.07, 6.45) is 1.06. The standard InChI is InChI=1S/C17H16BrCl2N/c1-17(2)9-10-5-3-4-6-11(10)16(17)21-13-8-7-12(18)14(19)15(13)20/h3-8,16,21H,9H2,1-2H3. The van der Waals surface area contributed by atoms with Gasteiger partial charge in [-0.25, -0.2) is 0 Å². The molecule has 1 aliphatic carbocycles. The van der Waals surface area contributed by atoms with Crippen molar-refractivity contribution in [3.8, 4) is 0 Å². The number of rotatable bonds is 2. The van der Waals surface area contributed by atoms with E-state index < -0.39 is 0 Å². The SMILES string of the molecule is CC1(C)Cc2ccccc2C1Nc1ccc(Br)c(Cl)c1Cl. The first-order chi connectivity index (χ1) is 9.90. The van der Waals surface area contributed by atoms with Gasteiger partial charge in [-0.2, -0.15) is 0 Å². The van der Waals surface area contributed by atoms with Gasteiger partial charge in [-0.05, 0) is 51.0 Å². The molecular weight excluding hydrogens is 369 g/mol. The summed E-state index contributed by atoms with van der Waals surface area (Å²) in [7, 11) is 0. The van der Waals surface area contributed by atoms with Gasteiger partial charge in [0.2, 0.25) is 0 Å². The molecule has 0 radical (unpaired) electrons. The molecule has 21 heavy (non-hydrogen) atoms. The van der Waals surface area contributed by atoms with Gasteiger partial charge in [-0.1, -0.05) is 61.3 Å². The van der Waals surface area contributed by atoms with Crippen molar-refractivity contribution in [3.05, 3.63) is 62.0 Å². The summed E-state index contributed by atoms with van der Waals surface area (Å²) in [6, 6.07) is 12.7. The third-order valence-corrected chi connectivity index (χ3v) is 5.90. The average molecular weight is 385 g/mol. The van der Waals surface area contributed by atoms with Crippen molar-refractivity contribution in [2.75, 3.05) is 5.32 Å². The number of hydrogen-bond acceptors (Lipinski definition) is 1. The van der Waals surface area contributed by atoms with Crippen molar-refractivity contribution in [2.45, 2.75) is 26.3 Å². The number of fused-ring (bicyclic) bond motifs is 1. The van der Waals surface area contributed by atoms with Crippen molar-refractivity contribution >= 4 is 44.8 Å². The van der Waals surface area contributed by atoms with E-state index in [1.807, 2.05) is 12.1 Å². The molecule has 0 aromatic heterocycles. The third-order valence-electron chi connectivity index (χ3n) is 4.13. The summed E-state index contributed by atoms with van der Waals surface area (Å²) < 4.78 is 0.811. The first kappa shape index (κ1) is 15.2. The van der Waals surface area contributed by atoms with Crippen molar-refractivity contribution in [1.29, 1.82) is 0 Å². The van der Waals surface area contributed by atoms with Gasteiger partial charge in [0.1, 0.15) is 0 Å². The maximum absolute atomic E-state index is 6.37. The normalized spacial score (nSPS) is 19.4. The van der Waals surface area contributed by atoms with Crippen LogP contribution in [0.15, 0.2) is 40.9 Å². The smallest absolute Gasteiger partial charge is 0.0835 e. The maximum atomic E-state index is 6.37. The molecule has 0 fully saturated rings. The van der Waals surface area contributed by atoms with Crippen molar-refractivity contribution in [3.63, 3.8) is 0 Å². The molecule has 0 spiro atoms. The Hall–Kier alpha value is -0.700. The molecule has 0 saturated carbocycles. The van der Waals surface area contributed by atoms with Crippen LogP contribution in [-0.4, -0.2) is 0 Å². The van der Waals surface area contributed by atoms with E-state index in [1.165, 1.54) is 11.1 Å². The van der Waals surface area contributed by atoms with Gasteiger partial charge in [-0.15, -0.1) is 0 Å². The zero-order valence-electron chi connectivity index (χ0n) is 11.9. The second-order valence-corrected chi connectivity index (χ2v) is 7.77. The van der Waals surface area contributed by atoms with Crippen LogP contribution >= 0.6 is 39.1 Å². The highest BCUT2D eigenvalue weighted by molar-refractivity contribution is 9.10. The fraction of sp³-hybridized carbons (Fsp3) is 0.294. The molecule has 3 rings (SSSR count). The van der Waals surface area contributed by atoms with E-state index in [9.17, 15) is 0 Å². The Labute approximate surface area is 143 Å². The second-order valence-electron chi connectivity index (χ2n) is 6.16. The molecule has 110 valence electrons. The van der Waals surface area contributed by atoms with Gasteiger partial charge in [0.25, 0.3) is 0 Å². The average Bonchev–Trinajstić information content (AvgIpc) is 2.70. The van der Waals surface area contributed by atoms with E-state index in [0.717, 1.165) is 16.6 Å². The Morgan fingerprint density at radius 1 is 1.10 bits per heavy atom. The van der Waals surface area contributed by atoms with Crippen LogP contribution in [0.1, 0.15) is 31.0 Å². The number of hydrogen-bond donors (Lipinski definition) is 1. The quantitative estimate of drug-likeness (QED) is 0.583. The van der Waals surface area contributed by atoms with E-state index in [2.05, 4.69) is 59.4 Å². The molecule has 1 atom stereocenters. The minimum Gasteiger partial charge on any atom is -0.376 e. The first-order valence-corrected chi connectivity index (χ1v) is 8.43. The van der Waals surface area contributed by atoms with Crippen LogP contribution in [0.2, 0.25) is 10.0 Å². The second kappa shape index (κ2) is 5.49. The Kier molecular flexibility index (Phi) is 3.98. The first-order valence-electron chi connectivity index (χ1n) is 6.88. The van der Waals surface area contributed by atoms with Crippen LogP contribution in [0.25, 0.3) is 0 Å². The van der Waals surface area contributed by atoms with Gasteiger partial charge in [0.15, 0.2) is 0 Å². The lowest BCUT2D eigenvalue weighted by atomic mass is 9.85. The highest BCUT2D eigenvalue weighted by Crippen LogP contribution is 2.48. The monoisotopic (exact) mass is 383 g/mol. The molecule has 1 unspecified atom stereocenters. The van der Waals surface area contributed by atoms with Crippen molar-refractivity contribution in [1.82, 2.24) is 0 Å². The number of benzene rings is 2. The van der Waals surface area contributed by atoms with Gasteiger partial charge >= 0.3 is 0 Å². The van der Waals surface area contributed by atoms with Crippen LogP contribution in [0.5, 0.6) is 0 Å². The van der Waals surface area contributed by atoms with Crippen molar-refractivity contribution in [2.24, 2.45) is 5.41 Å². The van der Waals surface area contributed by atoms with Gasteiger partial charge in [0, 0.05) is 4.47 Å². The molecule has 0 amide bonds. The molecular formula is C17H16BrCl2N. The topological polar surface area (TPSA) is 12.0 Å². The largest absolute Gasteiger partial charge is 0.376 e. The van der Waals surface area contributed by atoms with E-state index in [1.54, 1.807) is 0 Å². The fourth-order valence-corrected chi connectivity index (χ4v) is 3.89. The zero-order valence-corrected chi connectivity index (χ0v) is 15.0. The lowest BCUT2D eigenvalue weighted by Crippen LogP contribution is -2.24. The van der Waals surface area contributed by atoms with Crippen molar-refractivity contribution < 1.29 is 0 Å². The van der Waals surface area contributed by atoms with Crippen LogP contribution in [0.3, 0.4) is 0 Å². The highest BCUT2D eigenvalue weighted by Gasteiger charge is 2.38. The van der Waals surface area contributed by atoms with E-state index in [-0.39, 0.29) is 11.5 Å². The lowest BCUT2D eigenvalue weighted by Gasteiger charge is -2.30.